The lowest BCUT2D eigenvalue weighted by molar-refractivity contribution is -0.138. The summed E-state index contributed by atoms with van der Waals surface area (Å²) in [5, 5.41) is 14.9. The average Bonchev–Trinajstić information content (AvgIpc) is 3.31. The summed E-state index contributed by atoms with van der Waals surface area (Å²) in [5.74, 6) is 4.11. The first kappa shape index (κ1) is 26.8. The first-order chi connectivity index (χ1) is 17.1. The molecular weight excluding hydrogens is 501 g/mol. The van der Waals surface area contributed by atoms with Crippen LogP contribution in [0, 0.1) is 18.8 Å². The number of hydrogen-bond donors (Lipinski definition) is 2. The van der Waals surface area contributed by atoms with Crippen LogP contribution in [-0.2, 0) is 12.6 Å². The van der Waals surface area contributed by atoms with Crippen molar-refractivity contribution >= 4 is 29.0 Å². The normalized spacial score (nSPS) is 11.1. The number of carbonyl (C=O) groups excluding carboxylic acids is 2. The van der Waals surface area contributed by atoms with Crippen LogP contribution in [0.15, 0.2) is 35.1 Å². The molecule has 0 unspecified atom stereocenters. The van der Waals surface area contributed by atoms with E-state index in [1.165, 1.54) is 31.5 Å². The Labute approximate surface area is 208 Å². The Bertz CT molecular complexity index is 1330. The van der Waals surface area contributed by atoms with Gasteiger partial charge in [-0.2, -0.15) is 13.2 Å². The number of hydrogen-bond acceptors (Lipinski definition) is 7. The highest BCUT2D eigenvalue weighted by Crippen LogP contribution is 2.33. The number of unbranched alkanes of at least 4 members (excludes halogenated alkanes) is 1. The third-order valence-electron chi connectivity index (χ3n) is 4.91. The minimum Gasteiger partial charge on any atom is -0.396 e. The number of benzene rings is 1. The van der Waals surface area contributed by atoms with Gasteiger partial charge in [0, 0.05) is 37.6 Å². The standard InChI is InChI=1S/C24H20ClF3N4O4/c1-14-6-7-15(11-17(14)24(26,27)28)31-23(35)20-12-16(32-36-20)8-9-19(34)22-21(25)18(29-13-30-22)5-3-2-4-10-33/h6-7,11-13,33H,2,4,8-10H2,1H3,(H,31,35). The lowest BCUT2D eigenvalue weighted by atomic mass is 10.1. The molecule has 8 nitrogen and oxygen atoms in total. The second-order valence-corrected chi connectivity index (χ2v) is 7.98. The fourth-order valence-electron chi connectivity index (χ4n) is 3.06. The maximum Gasteiger partial charge on any atom is 0.416 e. The van der Waals surface area contributed by atoms with Crippen molar-refractivity contribution in [1.82, 2.24) is 15.1 Å². The molecule has 188 valence electrons. The second kappa shape index (κ2) is 11.8. The summed E-state index contributed by atoms with van der Waals surface area (Å²) >= 11 is 6.21. The summed E-state index contributed by atoms with van der Waals surface area (Å²) in [5.41, 5.74) is -0.434. The number of nitrogens with zero attached hydrogens (tertiary/aromatic N) is 3. The first-order valence-corrected chi connectivity index (χ1v) is 11.1. The van der Waals surface area contributed by atoms with Crippen LogP contribution in [0.2, 0.25) is 5.02 Å². The molecule has 2 heterocycles. The summed E-state index contributed by atoms with van der Waals surface area (Å²) in [6.07, 6.45) is -2.42. The number of ketones is 1. The van der Waals surface area contributed by atoms with Gasteiger partial charge < -0.3 is 14.9 Å². The number of alkyl halides is 3. The lowest BCUT2D eigenvalue weighted by Crippen LogP contribution is -2.13. The number of aryl methyl sites for hydroxylation is 2. The van der Waals surface area contributed by atoms with Crippen molar-refractivity contribution in [3.05, 3.63) is 69.6 Å². The fourth-order valence-corrected chi connectivity index (χ4v) is 3.31. The molecule has 3 aromatic rings. The van der Waals surface area contributed by atoms with Gasteiger partial charge in [-0.05, 0) is 37.0 Å². The molecule has 0 aliphatic heterocycles. The zero-order valence-electron chi connectivity index (χ0n) is 18.9. The van der Waals surface area contributed by atoms with Crippen LogP contribution in [0.4, 0.5) is 18.9 Å². The van der Waals surface area contributed by atoms with Gasteiger partial charge in [0.05, 0.1) is 11.3 Å². The second-order valence-electron chi connectivity index (χ2n) is 7.60. The summed E-state index contributed by atoms with van der Waals surface area (Å²) in [4.78, 5) is 32.9. The van der Waals surface area contributed by atoms with E-state index in [1.54, 1.807) is 0 Å². The molecule has 0 atom stereocenters. The van der Waals surface area contributed by atoms with Crippen molar-refractivity contribution in [2.75, 3.05) is 11.9 Å². The Morgan fingerprint density at radius 3 is 2.72 bits per heavy atom. The molecule has 36 heavy (non-hydrogen) atoms. The van der Waals surface area contributed by atoms with Gasteiger partial charge in [0.1, 0.15) is 22.7 Å². The minimum absolute atomic E-state index is 0.00623. The van der Waals surface area contributed by atoms with Gasteiger partial charge in [0.15, 0.2) is 5.78 Å². The summed E-state index contributed by atoms with van der Waals surface area (Å²) in [6.45, 7) is 1.33. The van der Waals surface area contributed by atoms with E-state index in [-0.39, 0.29) is 58.6 Å². The Morgan fingerprint density at radius 1 is 1.22 bits per heavy atom. The highest BCUT2D eigenvalue weighted by Gasteiger charge is 2.32. The number of nitrogens with one attached hydrogen (secondary N) is 1. The van der Waals surface area contributed by atoms with Crippen molar-refractivity contribution in [3.8, 4) is 11.8 Å². The van der Waals surface area contributed by atoms with Crippen LogP contribution in [0.3, 0.4) is 0 Å². The quantitative estimate of drug-likeness (QED) is 0.252. The van der Waals surface area contributed by atoms with Gasteiger partial charge in [-0.3, -0.25) is 9.59 Å². The van der Waals surface area contributed by atoms with Crippen LogP contribution in [-0.4, -0.2) is 38.5 Å². The molecule has 0 spiro atoms. The number of aliphatic hydroxyl groups excluding tert-OH is 1. The number of aromatic nitrogens is 3. The number of rotatable bonds is 8. The van der Waals surface area contributed by atoms with Crippen molar-refractivity contribution in [2.24, 2.45) is 0 Å². The topological polar surface area (TPSA) is 118 Å². The predicted octanol–water partition coefficient (Wildman–Crippen LogP) is 4.64. The number of anilines is 1. The van der Waals surface area contributed by atoms with Crippen molar-refractivity contribution in [3.63, 3.8) is 0 Å². The van der Waals surface area contributed by atoms with E-state index in [9.17, 15) is 22.8 Å². The number of carbonyl (C=O) groups is 2. The minimum atomic E-state index is -4.56. The molecule has 2 N–H and O–H groups in total. The van der Waals surface area contributed by atoms with Gasteiger partial charge in [-0.1, -0.05) is 28.7 Å². The molecule has 0 aliphatic carbocycles. The zero-order valence-corrected chi connectivity index (χ0v) is 19.7. The Hall–Kier alpha value is -3.75. The average molecular weight is 521 g/mol. The van der Waals surface area contributed by atoms with Crippen LogP contribution in [0.25, 0.3) is 0 Å². The van der Waals surface area contributed by atoms with Gasteiger partial charge in [0.2, 0.25) is 5.76 Å². The van der Waals surface area contributed by atoms with Crippen LogP contribution in [0.5, 0.6) is 0 Å². The first-order valence-electron chi connectivity index (χ1n) is 10.7. The van der Waals surface area contributed by atoms with Gasteiger partial charge in [-0.15, -0.1) is 0 Å². The summed E-state index contributed by atoms with van der Waals surface area (Å²) in [6, 6.07) is 4.72. The largest absolute Gasteiger partial charge is 0.416 e. The fraction of sp³-hybridized carbons (Fsp3) is 0.292. The highest BCUT2D eigenvalue weighted by atomic mass is 35.5. The number of aliphatic hydroxyl groups is 1. The molecule has 0 fully saturated rings. The Kier molecular flexibility index (Phi) is 8.79. The third kappa shape index (κ3) is 6.90. The van der Waals surface area contributed by atoms with Crippen LogP contribution < -0.4 is 5.32 Å². The van der Waals surface area contributed by atoms with E-state index in [2.05, 4.69) is 32.3 Å². The van der Waals surface area contributed by atoms with E-state index in [0.29, 0.717) is 12.8 Å². The highest BCUT2D eigenvalue weighted by molar-refractivity contribution is 6.34. The molecule has 0 saturated heterocycles. The number of Topliss-reactive ketones (excluding diaryl/α,β-unsaturated/α-hetero) is 1. The van der Waals surface area contributed by atoms with Gasteiger partial charge in [0.25, 0.3) is 5.91 Å². The monoisotopic (exact) mass is 520 g/mol. The lowest BCUT2D eigenvalue weighted by Gasteiger charge is -2.12. The smallest absolute Gasteiger partial charge is 0.396 e. The van der Waals surface area contributed by atoms with E-state index in [4.69, 9.17) is 21.2 Å². The summed E-state index contributed by atoms with van der Waals surface area (Å²) in [7, 11) is 0. The Morgan fingerprint density at radius 2 is 2.00 bits per heavy atom. The molecule has 1 amide bonds. The summed E-state index contributed by atoms with van der Waals surface area (Å²) < 4.78 is 44.3. The SMILES string of the molecule is Cc1ccc(NC(=O)c2cc(CCC(=O)c3ncnc(C#CCCCO)c3Cl)no2)cc1C(F)(F)F. The molecule has 1 aromatic carbocycles. The molecule has 2 aromatic heterocycles. The van der Waals surface area contributed by atoms with E-state index in [1.807, 2.05) is 0 Å². The predicted molar refractivity (Wildman–Crippen MR) is 124 cm³/mol. The number of halogens is 4. The maximum absolute atomic E-state index is 13.1. The molecule has 12 heteroatoms. The molecule has 0 aliphatic rings. The van der Waals surface area contributed by atoms with Crippen molar-refractivity contribution in [2.45, 2.75) is 38.8 Å². The molecular formula is C24H20ClF3N4O4. The molecule has 3 rings (SSSR count). The van der Waals surface area contributed by atoms with E-state index in [0.717, 1.165) is 6.07 Å². The van der Waals surface area contributed by atoms with Gasteiger partial charge >= 0.3 is 6.18 Å². The third-order valence-corrected chi connectivity index (χ3v) is 5.27. The van der Waals surface area contributed by atoms with E-state index < -0.39 is 23.4 Å². The maximum atomic E-state index is 13.1. The molecule has 0 radical (unpaired) electrons. The van der Waals surface area contributed by atoms with Crippen molar-refractivity contribution in [1.29, 1.82) is 0 Å². The van der Waals surface area contributed by atoms with Crippen LogP contribution >= 0.6 is 11.6 Å². The molecule has 0 saturated carbocycles. The molecule has 0 bridgehead atoms. The Balaban J connectivity index is 1.63. The van der Waals surface area contributed by atoms with Gasteiger partial charge in [-0.25, -0.2) is 9.97 Å². The zero-order chi connectivity index (χ0) is 26.3. The van der Waals surface area contributed by atoms with Crippen molar-refractivity contribution < 1.29 is 32.4 Å². The van der Waals surface area contributed by atoms with Crippen LogP contribution in [0.1, 0.15) is 62.8 Å². The number of amides is 1. The van der Waals surface area contributed by atoms with E-state index >= 15 is 0 Å².